The minimum Gasteiger partial charge on any atom is -0.489 e. The number of ether oxygens (including phenoxy) is 2. The van der Waals surface area contributed by atoms with Gasteiger partial charge in [-0.3, -0.25) is 4.94 Å². The van der Waals surface area contributed by atoms with Crippen molar-refractivity contribution in [1.29, 1.82) is 0 Å². The van der Waals surface area contributed by atoms with Crippen LogP contribution >= 0.6 is 0 Å². The Kier molecular flexibility index (Phi) is 6.79. The average molecular weight is 548 g/mol. The van der Waals surface area contributed by atoms with Crippen LogP contribution < -0.4 is 9.47 Å². The molecule has 2 aromatic carbocycles. The number of halogens is 2. The van der Waals surface area contributed by atoms with Gasteiger partial charge in [-0.1, -0.05) is 44.5 Å². The highest BCUT2D eigenvalue weighted by Gasteiger charge is 2.61. The topological polar surface area (TPSA) is 57.7 Å². The van der Waals surface area contributed by atoms with Gasteiger partial charge in [0.15, 0.2) is 0 Å². The van der Waals surface area contributed by atoms with Crippen LogP contribution in [0.15, 0.2) is 48.7 Å². The molecule has 2 fully saturated rings. The number of pyridine rings is 1. The lowest BCUT2D eigenvalue weighted by molar-refractivity contribution is -0.186. The van der Waals surface area contributed by atoms with Gasteiger partial charge in [-0.15, -0.1) is 0 Å². The maximum absolute atomic E-state index is 15.0. The summed E-state index contributed by atoms with van der Waals surface area (Å²) in [5.74, 6) is -0.195. The van der Waals surface area contributed by atoms with E-state index in [1.807, 2.05) is 24.3 Å². The molecule has 0 aliphatic heterocycles. The maximum atomic E-state index is 15.0. The fourth-order valence-corrected chi connectivity index (χ4v) is 7.34. The van der Waals surface area contributed by atoms with E-state index in [1.54, 1.807) is 6.07 Å². The Balaban J connectivity index is 1.30. The summed E-state index contributed by atoms with van der Waals surface area (Å²) in [5, 5.41) is 0. The van der Waals surface area contributed by atoms with Gasteiger partial charge in [0.1, 0.15) is 18.2 Å². The molecule has 3 atom stereocenters. The normalized spacial score (nSPS) is 24.4. The summed E-state index contributed by atoms with van der Waals surface area (Å²) in [6, 6.07) is 13.9. The smallest absolute Gasteiger partial charge is 0.352 e. The summed E-state index contributed by atoms with van der Waals surface area (Å²) in [6.45, 7) is 4.92. The third-order valence-electron chi connectivity index (χ3n) is 9.61. The van der Waals surface area contributed by atoms with Crippen LogP contribution in [0.3, 0.4) is 0 Å². The summed E-state index contributed by atoms with van der Waals surface area (Å²) in [7, 11) is 1.53. The van der Waals surface area contributed by atoms with Crippen LogP contribution in [-0.4, -0.2) is 18.1 Å². The monoisotopic (exact) mass is 547 g/mol. The van der Waals surface area contributed by atoms with Crippen molar-refractivity contribution in [1.82, 2.24) is 4.98 Å². The lowest BCUT2D eigenvalue weighted by Crippen LogP contribution is -2.21. The van der Waals surface area contributed by atoms with Gasteiger partial charge < -0.3 is 9.47 Å². The van der Waals surface area contributed by atoms with Gasteiger partial charge in [0.05, 0.1) is 19.2 Å². The predicted molar refractivity (Wildman–Crippen MR) is 147 cm³/mol. The first-order valence-corrected chi connectivity index (χ1v) is 14.2. The van der Waals surface area contributed by atoms with Crippen molar-refractivity contribution in [3.8, 4) is 22.8 Å². The Bertz CT molecular complexity index is 1450. The molecule has 1 spiro atoms. The Morgan fingerprint density at radius 3 is 2.67 bits per heavy atom. The average Bonchev–Trinajstić information content (AvgIpc) is 3.56. The van der Waals surface area contributed by atoms with Gasteiger partial charge in [0.2, 0.25) is 5.88 Å². The standard InChI is InChI=1S/C33H35F2NO4/c1-32(2)12-5-7-26(32)24-14-20(8-11-23(24)25-16-30(38-3)36-18-29(25)34)19-39-22-10-9-21-6-4-13-33(27(21)15-22)17-28(33)31(37)40-35/h8-11,14-16,18,26,28H,4-7,12-13,17,19H2,1-3H3. The fraction of sp³-hybridized carbons (Fsp3) is 0.455. The van der Waals surface area contributed by atoms with E-state index in [4.69, 9.17) is 9.47 Å². The summed E-state index contributed by atoms with van der Waals surface area (Å²) < 4.78 is 39.3. The number of rotatable bonds is 7. The van der Waals surface area contributed by atoms with Crippen molar-refractivity contribution in [3.63, 3.8) is 0 Å². The molecule has 40 heavy (non-hydrogen) atoms. The zero-order valence-electron chi connectivity index (χ0n) is 23.3. The second-order valence-electron chi connectivity index (χ2n) is 12.3. The zero-order chi connectivity index (χ0) is 28.1. The predicted octanol–water partition coefficient (Wildman–Crippen LogP) is 7.79. The van der Waals surface area contributed by atoms with Crippen LogP contribution in [0, 0.1) is 17.2 Å². The Hall–Kier alpha value is -3.48. The largest absolute Gasteiger partial charge is 0.489 e. The third kappa shape index (κ3) is 4.63. The number of carbonyl (C=O) groups is 1. The molecule has 1 heterocycles. The highest BCUT2D eigenvalue weighted by molar-refractivity contribution is 5.79. The van der Waals surface area contributed by atoms with Crippen molar-refractivity contribution < 1.29 is 28.1 Å². The van der Waals surface area contributed by atoms with E-state index in [-0.39, 0.29) is 22.6 Å². The van der Waals surface area contributed by atoms with Crippen molar-refractivity contribution in [2.45, 2.75) is 76.7 Å². The molecule has 5 nitrogen and oxygen atoms in total. The molecule has 3 aliphatic carbocycles. The highest BCUT2D eigenvalue weighted by Crippen LogP contribution is 2.61. The minimum absolute atomic E-state index is 0.0935. The molecule has 0 saturated heterocycles. The van der Waals surface area contributed by atoms with E-state index < -0.39 is 11.9 Å². The molecule has 3 aromatic rings. The first-order chi connectivity index (χ1) is 19.3. The summed E-state index contributed by atoms with van der Waals surface area (Å²) in [5.41, 5.74) is 5.49. The lowest BCUT2D eigenvalue weighted by Gasteiger charge is -2.30. The molecule has 7 heteroatoms. The molecule has 3 unspecified atom stereocenters. The van der Waals surface area contributed by atoms with E-state index in [2.05, 4.69) is 35.9 Å². The number of aryl methyl sites for hydroxylation is 1. The number of aromatic nitrogens is 1. The summed E-state index contributed by atoms with van der Waals surface area (Å²) >= 11 is 0. The molecule has 0 N–H and O–H groups in total. The molecule has 0 radical (unpaired) electrons. The van der Waals surface area contributed by atoms with Crippen LogP contribution in [-0.2, 0) is 28.2 Å². The fourth-order valence-electron chi connectivity index (χ4n) is 7.34. The summed E-state index contributed by atoms with van der Waals surface area (Å²) in [4.78, 5) is 19.6. The number of fused-ring (bicyclic) bond motifs is 2. The van der Waals surface area contributed by atoms with E-state index >= 15 is 4.39 Å². The quantitative estimate of drug-likeness (QED) is 0.302. The van der Waals surface area contributed by atoms with Gasteiger partial charge in [-0.2, -0.15) is 0 Å². The van der Waals surface area contributed by atoms with E-state index in [9.17, 15) is 9.32 Å². The Morgan fingerprint density at radius 1 is 1.07 bits per heavy atom. The number of hydrogen-bond donors (Lipinski definition) is 0. The number of hydrogen-bond acceptors (Lipinski definition) is 5. The van der Waals surface area contributed by atoms with Crippen LogP contribution in [0.25, 0.3) is 11.1 Å². The van der Waals surface area contributed by atoms with Crippen LogP contribution in [0.2, 0.25) is 0 Å². The maximum Gasteiger partial charge on any atom is 0.352 e. The molecule has 3 aliphatic rings. The molecular formula is C33H35F2NO4. The molecule has 6 rings (SSSR count). The van der Waals surface area contributed by atoms with Gasteiger partial charge in [0.25, 0.3) is 0 Å². The third-order valence-corrected chi connectivity index (χ3v) is 9.61. The highest BCUT2D eigenvalue weighted by atomic mass is 19.3. The molecule has 210 valence electrons. The minimum atomic E-state index is -0.773. The molecule has 2 saturated carbocycles. The van der Waals surface area contributed by atoms with Crippen molar-refractivity contribution in [2.24, 2.45) is 11.3 Å². The second kappa shape index (κ2) is 10.2. The van der Waals surface area contributed by atoms with Crippen molar-refractivity contribution in [3.05, 3.63) is 76.7 Å². The first kappa shape index (κ1) is 26.7. The Morgan fingerprint density at radius 2 is 1.93 bits per heavy atom. The first-order valence-electron chi connectivity index (χ1n) is 14.2. The SMILES string of the molecule is COc1cc(-c2ccc(COc3ccc4c(c3)C3(CCC4)CC3C(=O)OF)cc2C2CCCC2(C)C)c(F)cn1. The number of nitrogens with zero attached hydrogens (tertiary/aromatic N) is 1. The second-order valence-corrected chi connectivity index (χ2v) is 12.3. The molecule has 0 bridgehead atoms. The number of benzene rings is 2. The van der Waals surface area contributed by atoms with Crippen LogP contribution in [0.1, 0.15) is 80.5 Å². The van der Waals surface area contributed by atoms with Crippen molar-refractivity contribution >= 4 is 5.97 Å². The molecule has 0 amide bonds. The molecular weight excluding hydrogens is 512 g/mol. The van der Waals surface area contributed by atoms with E-state index in [0.29, 0.717) is 24.5 Å². The molecule has 1 aromatic heterocycles. The summed E-state index contributed by atoms with van der Waals surface area (Å²) in [6.07, 6.45) is 7.89. The van der Waals surface area contributed by atoms with Gasteiger partial charge in [-0.25, -0.2) is 14.2 Å². The van der Waals surface area contributed by atoms with Gasteiger partial charge in [0, 0.05) is 21.6 Å². The van der Waals surface area contributed by atoms with Gasteiger partial charge >= 0.3 is 5.97 Å². The lowest BCUT2D eigenvalue weighted by atomic mass is 9.75. The van der Waals surface area contributed by atoms with Gasteiger partial charge in [-0.05, 0) is 89.8 Å². The van der Waals surface area contributed by atoms with E-state index in [0.717, 1.165) is 66.5 Å². The zero-order valence-corrected chi connectivity index (χ0v) is 23.3. The van der Waals surface area contributed by atoms with Crippen molar-refractivity contribution in [2.75, 3.05) is 7.11 Å². The number of carbonyl (C=O) groups excluding carboxylic acids is 1. The van der Waals surface area contributed by atoms with Crippen LogP contribution in [0.5, 0.6) is 11.6 Å². The Labute approximate surface area is 233 Å². The van der Waals surface area contributed by atoms with E-state index in [1.165, 1.54) is 18.9 Å². The number of methoxy groups -OCH3 is 1. The van der Waals surface area contributed by atoms with Crippen LogP contribution in [0.4, 0.5) is 8.92 Å².